The van der Waals surface area contributed by atoms with Gasteiger partial charge in [0.2, 0.25) is 5.91 Å². The van der Waals surface area contributed by atoms with Crippen LogP contribution in [0.2, 0.25) is 5.02 Å². The lowest BCUT2D eigenvalue weighted by atomic mass is 9.88. The summed E-state index contributed by atoms with van der Waals surface area (Å²) in [6, 6.07) is 17.7. The van der Waals surface area contributed by atoms with E-state index in [2.05, 4.69) is 15.3 Å². The molecular formula is C21H20ClN3O. The van der Waals surface area contributed by atoms with E-state index >= 15 is 0 Å². The highest BCUT2D eigenvalue weighted by Gasteiger charge is 2.18. The maximum absolute atomic E-state index is 12.5. The molecule has 0 bridgehead atoms. The molecule has 5 heteroatoms. The fourth-order valence-corrected chi connectivity index (χ4v) is 3.08. The van der Waals surface area contributed by atoms with Crippen LogP contribution in [-0.2, 0) is 11.2 Å². The van der Waals surface area contributed by atoms with E-state index in [0.717, 1.165) is 16.8 Å². The van der Waals surface area contributed by atoms with Gasteiger partial charge < -0.3 is 5.32 Å². The number of nitrogens with one attached hydrogen (secondary N) is 1. The predicted molar refractivity (Wildman–Crippen MR) is 103 cm³/mol. The van der Waals surface area contributed by atoms with E-state index in [4.69, 9.17) is 11.6 Å². The van der Waals surface area contributed by atoms with Crippen LogP contribution >= 0.6 is 11.6 Å². The van der Waals surface area contributed by atoms with E-state index in [1.165, 1.54) is 0 Å². The second-order valence-corrected chi connectivity index (χ2v) is 6.46. The molecular weight excluding hydrogens is 346 g/mol. The number of carbonyl (C=O) groups excluding carboxylic acids is 1. The highest BCUT2D eigenvalue weighted by molar-refractivity contribution is 6.30. The first kappa shape index (κ1) is 18.1. The van der Waals surface area contributed by atoms with Gasteiger partial charge in [0.1, 0.15) is 0 Å². The Morgan fingerprint density at radius 2 is 1.85 bits per heavy atom. The molecule has 0 aliphatic rings. The van der Waals surface area contributed by atoms with Crippen molar-refractivity contribution in [2.45, 2.75) is 18.8 Å². The highest BCUT2D eigenvalue weighted by atomic mass is 35.5. The summed E-state index contributed by atoms with van der Waals surface area (Å²) >= 11 is 6.15. The van der Waals surface area contributed by atoms with Gasteiger partial charge >= 0.3 is 0 Å². The molecule has 1 unspecified atom stereocenters. The lowest BCUT2D eigenvalue weighted by Gasteiger charge is -2.18. The van der Waals surface area contributed by atoms with E-state index in [9.17, 15) is 4.79 Å². The minimum Gasteiger partial charge on any atom is -0.356 e. The number of benzene rings is 2. The zero-order valence-corrected chi connectivity index (χ0v) is 15.1. The summed E-state index contributed by atoms with van der Waals surface area (Å²) < 4.78 is 0. The van der Waals surface area contributed by atoms with Crippen molar-refractivity contribution >= 4 is 17.5 Å². The number of carbonyl (C=O) groups is 1. The van der Waals surface area contributed by atoms with Crippen molar-refractivity contribution in [1.29, 1.82) is 0 Å². The Morgan fingerprint density at radius 3 is 2.58 bits per heavy atom. The van der Waals surface area contributed by atoms with Crippen LogP contribution in [0.5, 0.6) is 0 Å². The first-order valence-electron chi connectivity index (χ1n) is 8.54. The summed E-state index contributed by atoms with van der Waals surface area (Å²) in [6.45, 7) is 0.536. The molecule has 3 rings (SSSR count). The molecule has 1 N–H and O–H groups in total. The molecule has 1 amide bonds. The maximum atomic E-state index is 12.5. The summed E-state index contributed by atoms with van der Waals surface area (Å²) in [4.78, 5) is 20.7. The van der Waals surface area contributed by atoms with Crippen molar-refractivity contribution in [3.8, 4) is 0 Å². The van der Waals surface area contributed by atoms with Crippen LogP contribution in [0.1, 0.15) is 29.2 Å². The summed E-state index contributed by atoms with van der Waals surface area (Å²) in [5.41, 5.74) is 2.99. The molecule has 1 atom stereocenters. The Morgan fingerprint density at radius 1 is 1.04 bits per heavy atom. The number of rotatable bonds is 7. The Bertz CT molecular complexity index is 840. The van der Waals surface area contributed by atoms with Crippen molar-refractivity contribution in [1.82, 2.24) is 15.3 Å². The molecule has 0 aliphatic carbocycles. The third-order valence-corrected chi connectivity index (χ3v) is 4.40. The Balaban J connectivity index is 1.66. The van der Waals surface area contributed by atoms with Gasteiger partial charge in [-0.25, -0.2) is 0 Å². The standard InChI is InChI=1S/C21H20ClN3O/c22-18-8-4-7-17(13-18)20(16-5-2-1-3-6-16)14-21(26)25-10-9-19-15-23-11-12-24-19/h1-8,11-13,15,20H,9-10,14H2,(H,25,26). The van der Waals surface area contributed by atoms with Crippen LogP contribution < -0.4 is 5.32 Å². The fraction of sp³-hybridized carbons (Fsp3) is 0.190. The first-order chi connectivity index (χ1) is 12.7. The van der Waals surface area contributed by atoms with Gasteiger partial charge in [-0.3, -0.25) is 14.8 Å². The Hall–Kier alpha value is -2.72. The van der Waals surface area contributed by atoms with Crippen LogP contribution in [-0.4, -0.2) is 22.4 Å². The molecule has 0 spiro atoms. The van der Waals surface area contributed by atoms with Gasteiger partial charge in [-0.1, -0.05) is 54.1 Å². The number of halogens is 1. The molecule has 26 heavy (non-hydrogen) atoms. The van der Waals surface area contributed by atoms with Gasteiger partial charge in [0.05, 0.1) is 5.69 Å². The molecule has 2 aromatic carbocycles. The number of amides is 1. The van der Waals surface area contributed by atoms with E-state index in [1.54, 1.807) is 18.6 Å². The minimum absolute atomic E-state index is 0.00252. The van der Waals surface area contributed by atoms with E-state index in [-0.39, 0.29) is 11.8 Å². The van der Waals surface area contributed by atoms with Gasteiger partial charge in [-0.15, -0.1) is 0 Å². The lowest BCUT2D eigenvalue weighted by Crippen LogP contribution is -2.27. The smallest absolute Gasteiger partial charge is 0.220 e. The van der Waals surface area contributed by atoms with E-state index < -0.39 is 0 Å². The van der Waals surface area contributed by atoms with Crippen LogP contribution in [0.3, 0.4) is 0 Å². The van der Waals surface area contributed by atoms with Crippen molar-refractivity contribution in [2.24, 2.45) is 0 Å². The molecule has 3 aromatic rings. The van der Waals surface area contributed by atoms with Gasteiger partial charge in [0, 0.05) is 48.9 Å². The molecule has 1 aromatic heterocycles. The van der Waals surface area contributed by atoms with Gasteiger partial charge in [0.15, 0.2) is 0 Å². The summed E-state index contributed by atoms with van der Waals surface area (Å²) in [5, 5.41) is 3.65. The molecule has 0 fully saturated rings. The Labute approximate surface area is 158 Å². The van der Waals surface area contributed by atoms with E-state index in [0.29, 0.717) is 24.4 Å². The predicted octanol–water partition coefficient (Wildman–Crippen LogP) is 4.01. The van der Waals surface area contributed by atoms with Crippen molar-refractivity contribution in [3.05, 3.63) is 95.0 Å². The van der Waals surface area contributed by atoms with Crippen LogP contribution in [0.25, 0.3) is 0 Å². The first-order valence-corrected chi connectivity index (χ1v) is 8.92. The van der Waals surface area contributed by atoms with Gasteiger partial charge in [-0.2, -0.15) is 0 Å². The largest absolute Gasteiger partial charge is 0.356 e. The van der Waals surface area contributed by atoms with Crippen molar-refractivity contribution < 1.29 is 4.79 Å². The number of hydrogen-bond donors (Lipinski definition) is 1. The molecule has 0 aliphatic heterocycles. The second-order valence-electron chi connectivity index (χ2n) is 6.02. The van der Waals surface area contributed by atoms with Gasteiger partial charge in [-0.05, 0) is 23.3 Å². The average molecular weight is 366 g/mol. The zero-order valence-electron chi connectivity index (χ0n) is 14.3. The number of nitrogens with zero attached hydrogens (tertiary/aromatic N) is 2. The zero-order chi connectivity index (χ0) is 18.2. The normalized spacial score (nSPS) is 11.7. The third-order valence-electron chi connectivity index (χ3n) is 4.16. The quantitative estimate of drug-likeness (QED) is 0.688. The lowest BCUT2D eigenvalue weighted by molar-refractivity contribution is -0.121. The number of hydrogen-bond acceptors (Lipinski definition) is 3. The van der Waals surface area contributed by atoms with Gasteiger partial charge in [0.25, 0.3) is 0 Å². The minimum atomic E-state index is -0.0357. The van der Waals surface area contributed by atoms with Crippen molar-refractivity contribution in [2.75, 3.05) is 6.54 Å². The monoisotopic (exact) mass is 365 g/mol. The highest BCUT2D eigenvalue weighted by Crippen LogP contribution is 2.29. The van der Waals surface area contributed by atoms with E-state index in [1.807, 2.05) is 54.6 Å². The molecule has 0 saturated heterocycles. The third kappa shape index (κ3) is 5.14. The number of aromatic nitrogens is 2. The topological polar surface area (TPSA) is 54.9 Å². The fourth-order valence-electron chi connectivity index (χ4n) is 2.88. The van der Waals surface area contributed by atoms with Crippen LogP contribution in [0, 0.1) is 0 Å². The van der Waals surface area contributed by atoms with Crippen LogP contribution in [0.15, 0.2) is 73.2 Å². The maximum Gasteiger partial charge on any atom is 0.220 e. The van der Waals surface area contributed by atoms with Crippen molar-refractivity contribution in [3.63, 3.8) is 0 Å². The molecule has 132 valence electrons. The summed E-state index contributed by atoms with van der Waals surface area (Å²) in [6.07, 6.45) is 6.03. The molecule has 1 heterocycles. The SMILES string of the molecule is O=C(CC(c1ccccc1)c1cccc(Cl)c1)NCCc1cnccn1. The summed E-state index contributed by atoms with van der Waals surface area (Å²) in [5.74, 6) is -0.0332. The summed E-state index contributed by atoms with van der Waals surface area (Å²) in [7, 11) is 0. The molecule has 0 saturated carbocycles. The van der Waals surface area contributed by atoms with Crippen LogP contribution in [0.4, 0.5) is 0 Å². The molecule has 4 nitrogen and oxygen atoms in total. The second kappa shape index (κ2) is 9.11. The Kier molecular flexibility index (Phi) is 6.34. The average Bonchev–Trinajstić information content (AvgIpc) is 2.68. The molecule has 0 radical (unpaired) electrons.